The van der Waals surface area contributed by atoms with E-state index in [1.54, 1.807) is 14.2 Å². The summed E-state index contributed by atoms with van der Waals surface area (Å²) in [5, 5.41) is 6.72. The third kappa shape index (κ3) is 5.18. The van der Waals surface area contributed by atoms with Gasteiger partial charge in [-0.2, -0.15) is 0 Å². The highest BCUT2D eigenvalue weighted by Gasteiger charge is 2.20. The lowest BCUT2D eigenvalue weighted by Gasteiger charge is -2.20. The van der Waals surface area contributed by atoms with E-state index in [-0.39, 0.29) is 6.10 Å². The van der Waals surface area contributed by atoms with E-state index in [1.807, 2.05) is 29.9 Å². The normalized spacial score (nSPS) is 15.0. The van der Waals surface area contributed by atoms with Crippen molar-refractivity contribution in [3.63, 3.8) is 0 Å². The first-order chi connectivity index (χ1) is 13.2. The number of aryl methyl sites for hydroxylation is 1. The average Bonchev–Trinajstić information content (AvgIpc) is 3.34. The first-order valence-electron chi connectivity index (χ1n) is 9.57. The van der Waals surface area contributed by atoms with Gasteiger partial charge in [-0.3, -0.25) is 4.99 Å². The molecule has 1 fully saturated rings. The molecule has 2 aromatic rings. The molecule has 1 heterocycles. The largest absolute Gasteiger partial charge is 0.493 e. The molecule has 1 aromatic carbocycles. The monoisotopic (exact) mass is 370 g/mol. The topological polar surface area (TPSA) is 59.8 Å². The summed E-state index contributed by atoms with van der Waals surface area (Å²) in [5.41, 5.74) is 2.29. The fourth-order valence-electron chi connectivity index (χ4n) is 3.42. The summed E-state index contributed by atoms with van der Waals surface area (Å²) >= 11 is 0. The summed E-state index contributed by atoms with van der Waals surface area (Å²) in [7, 11) is 5.49. The second kappa shape index (κ2) is 9.35. The molecule has 1 aliphatic carbocycles. The quantitative estimate of drug-likeness (QED) is 0.580. The van der Waals surface area contributed by atoms with Crippen LogP contribution in [0.1, 0.15) is 36.8 Å². The molecule has 1 aromatic heterocycles. The highest BCUT2D eigenvalue weighted by atomic mass is 16.5. The number of ether oxygens (including phenoxy) is 2. The maximum absolute atomic E-state index is 6.30. The molecule has 0 radical (unpaired) electrons. The Bertz CT molecular complexity index is 763. The van der Waals surface area contributed by atoms with Crippen LogP contribution in [0.25, 0.3) is 0 Å². The van der Waals surface area contributed by atoms with Gasteiger partial charge >= 0.3 is 0 Å². The van der Waals surface area contributed by atoms with E-state index >= 15 is 0 Å². The van der Waals surface area contributed by atoms with E-state index in [9.17, 15) is 0 Å². The summed E-state index contributed by atoms with van der Waals surface area (Å²) in [6, 6.07) is 8.12. The maximum Gasteiger partial charge on any atom is 0.191 e. The number of methoxy groups -OCH3 is 1. The summed E-state index contributed by atoms with van der Waals surface area (Å²) in [6.45, 7) is 1.35. The van der Waals surface area contributed by atoms with Gasteiger partial charge in [0.05, 0.1) is 13.2 Å². The number of hydrogen-bond acceptors (Lipinski definition) is 3. The molecule has 3 rings (SSSR count). The van der Waals surface area contributed by atoms with Crippen molar-refractivity contribution in [1.29, 1.82) is 0 Å². The van der Waals surface area contributed by atoms with Gasteiger partial charge in [-0.1, -0.05) is 12.1 Å². The molecule has 1 saturated carbocycles. The standard InChI is InChI=1S/C21H30N4O2/c1-22-21(23-13-16-11-12-25(2)15-16)24-14-17-7-6-10-19(26-3)20(17)27-18-8-4-5-9-18/h6-7,10-12,15,18H,4-5,8-9,13-14H2,1-3H3,(H2,22,23,24). The third-order valence-electron chi connectivity index (χ3n) is 4.89. The number of hydrogen-bond donors (Lipinski definition) is 2. The Balaban J connectivity index is 1.63. The van der Waals surface area contributed by atoms with Crippen LogP contribution in [-0.4, -0.2) is 30.8 Å². The number of nitrogens with one attached hydrogen (secondary N) is 2. The molecule has 27 heavy (non-hydrogen) atoms. The van der Waals surface area contributed by atoms with Gasteiger partial charge in [0.2, 0.25) is 0 Å². The van der Waals surface area contributed by atoms with Gasteiger partial charge in [-0.15, -0.1) is 0 Å². The SMILES string of the molecule is CN=C(NCc1ccn(C)c1)NCc1cccc(OC)c1OC1CCCC1. The minimum atomic E-state index is 0.288. The van der Waals surface area contributed by atoms with Gasteiger partial charge in [0, 0.05) is 45.1 Å². The average molecular weight is 370 g/mol. The van der Waals surface area contributed by atoms with Crippen molar-refractivity contribution >= 4 is 5.96 Å². The van der Waals surface area contributed by atoms with Crippen molar-refractivity contribution in [2.75, 3.05) is 14.2 Å². The van der Waals surface area contributed by atoms with Crippen molar-refractivity contribution in [3.05, 3.63) is 47.8 Å². The predicted octanol–water partition coefficient (Wildman–Crippen LogP) is 3.22. The zero-order chi connectivity index (χ0) is 19.1. The minimum Gasteiger partial charge on any atom is -0.493 e. The van der Waals surface area contributed by atoms with Crippen LogP contribution in [0.15, 0.2) is 41.7 Å². The molecule has 0 aliphatic heterocycles. The van der Waals surface area contributed by atoms with E-state index in [4.69, 9.17) is 9.47 Å². The lowest BCUT2D eigenvalue weighted by atomic mass is 10.1. The number of aromatic nitrogens is 1. The first-order valence-corrected chi connectivity index (χ1v) is 9.57. The van der Waals surface area contributed by atoms with Crippen molar-refractivity contribution in [2.45, 2.75) is 44.9 Å². The van der Waals surface area contributed by atoms with Crippen LogP contribution < -0.4 is 20.1 Å². The summed E-state index contributed by atoms with van der Waals surface area (Å²) in [4.78, 5) is 4.32. The number of aliphatic imine (C=N–C) groups is 1. The highest BCUT2D eigenvalue weighted by molar-refractivity contribution is 5.79. The zero-order valence-electron chi connectivity index (χ0n) is 16.5. The zero-order valence-corrected chi connectivity index (χ0v) is 16.5. The minimum absolute atomic E-state index is 0.288. The maximum atomic E-state index is 6.30. The molecule has 2 N–H and O–H groups in total. The van der Waals surface area contributed by atoms with Crippen LogP contribution in [0.2, 0.25) is 0 Å². The van der Waals surface area contributed by atoms with Gasteiger partial charge < -0.3 is 24.7 Å². The molecular weight excluding hydrogens is 340 g/mol. The number of benzene rings is 1. The lowest BCUT2D eigenvalue weighted by molar-refractivity contribution is 0.198. The summed E-state index contributed by atoms with van der Waals surface area (Å²) in [5.74, 6) is 2.39. The van der Waals surface area contributed by atoms with E-state index in [0.717, 1.165) is 42.4 Å². The number of rotatable bonds is 7. The number of para-hydroxylation sites is 1. The van der Waals surface area contributed by atoms with Gasteiger partial charge in [-0.25, -0.2) is 0 Å². The second-order valence-electron chi connectivity index (χ2n) is 6.94. The summed E-state index contributed by atoms with van der Waals surface area (Å²) in [6.07, 6.45) is 9.13. The Kier molecular flexibility index (Phi) is 6.63. The van der Waals surface area contributed by atoms with Crippen LogP contribution in [-0.2, 0) is 20.1 Å². The van der Waals surface area contributed by atoms with E-state index < -0.39 is 0 Å². The third-order valence-corrected chi connectivity index (χ3v) is 4.89. The van der Waals surface area contributed by atoms with Crippen LogP contribution in [0.4, 0.5) is 0 Å². The second-order valence-corrected chi connectivity index (χ2v) is 6.94. The Morgan fingerprint density at radius 1 is 1.19 bits per heavy atom. The first kappa shape index (κ1) is 19.1. The lowest BCUT2D eigenvalue weighted by Crippen LogP contribution is -2.36. The van der Waals surface area contributed by atoms with Gasteiger partial charge in [0.1, 0.15) is 0 Å². The molecule has 0 amide bonds. The smallest absolute Gasteiger partial charge is 0.191 e. The van der Waals surface area contributed by atoms with Gasteiger partial charge in [-0.05, 0) is 43.4 Å². The van der Waals surface area contributed by atoms with Gasteiger partial charge in [0.15, 0.2) is 17.5 Å². The van der Waals surface area contributed by atoms with E-state index in [0.29, 0.717) is 6.54 Å². The summed E-state index contributed by atoms with van der Waals surface area (Å²) < 4.78 is 13.9. The van der Waals surface area contributed by atoms with E-state index in [2.05, 4.69) is 34.0 Å². The molecule has 146 valence electrons. The molecular formula is C21H30N4O2. The van der Waals surface area contributed by atoms with Crippen LogP contribution >= 0.6 is 0 Å². The molecule has 6 nitrogen and oxygen atoms in total. The molecule has 6 heteroatoms. The van der Waals surface area contributed by atoms with Crippen molar-refractivity contribution in [3.8, 4) is 11.5 Å². The van der Waals surface area contributed by atoms with Crippen LogP contribution in [0.3, 0.4) is 0 Å². The fraction of sp³-hybridized carbons (Fsp3) is 0.476. The Hall–Kier alpha value is -2.63. The number of nitrogens with zero attached hydrogens (tertiary/aromatic N) is 2. The molecule has 0 saturated heterocycles. The van der Waals surface area contributed by atoms with E-state index in [1.165, 1.54) is 18.4 Å². The molecule has 1 aliphatic rings. The van der Waals surface area contributed by atoms with Gasteiger partial charge in [0.25, 0.3) is 0 Å². The number of guanidine groups is 1. The fourth-order valence-corrected chi connectivity index (χ4v) is 3.42. The molecule has 0 bridgehead atoms. The Morgan fingerprint density at radius 2 is 1.96 bits per heavy atom. The van der Waals surface area contributed by atoms with Crippen molar-refractivity contribution in [2.24, 2.45) is 12.0 Å². The van der Waals surface area contributed by atoms with Crippen LogP contribution in [0, 0.1) is 0 Å². The Labute approximate surface area is 161 Å². The molecule has 0 atom stereocenters. The van der Waals surface area contributed by atoms with Crippen LogP contribution in [0.5, 0.6) is 11.5 Å². The molecule has 0 unspecified atom stereocenters. The molecule has 0 spiro atoms. The van der Waals surface area contributed by atoms with Crippen molar-refractivity contribution in [1.82, 2.24) is 15.2 Å². The van der Waals surface area contributed by atoms with Crippen molar-refractivity contribution < 1.29 is 9.47 Å². The highest BCUT2D eigenvalue weighted by Crippen LogP contribution is 2.34. The Morgan fingerprint density at radius 3 is 2.63 bits per heavy atom. The predicted molar refractivity (Wildman–Crippen MR) is 108 cm³/mol.